The molecular weight excluding hydrogens is 324 g/mol. The molecule has 0 unspecified atom stereocenters. The van der Waals surface area contributed by atoms with Crippen LogP contribution in [0.3, 0.4) is 0 Å². The lowest BCUT2D eigenvalue weighted by Crippen LogP contribution is -2.36. The van der Waals surface area contributed by atoms with E-state index in [0.29, 0.717) is 25.2 Å². The van der Waals surface area contributed by atoms with E-state index in [0.717, 1.165) is 23.8 Å². The number of ether oxygens (including phenoxy) is 1. The molecule has 25 heavy (non-hydrogen) atoms. The molecule has 0 saturated carbocycles. The maximum Gasteiger partial charge on any atom is 0.130 e. The molecule has 5 heteroatoms. The smallest absolute Gasteiger partial charge is 0.130 e. The number of benzene rings is 2. The van der Waals surface area contributed by atoms with Gasteiger partial charge in [0, 0.05) is 24.7 Å². The van der Waals surface area contributed by atoms with Gasteiger partial charge in [0.1, 0.15) is 30.1 Å². The predicted octanol–water partition coefficient (Wildman–Crippen LogP) is 3.93. The van der Waals surface area contributed by atoms with E-state index in [1.807, 2.05) is 43.0 Å². The largest absolute Gasteiger partial charge is 0.491 e. The second-order valence-corrected chi connectivity index (χ2v) is 6.20. The molecular formula is C20H25F2NO2. The third-order valence-corrected chi connectivity index (χ3v) is 3.94. The van der Waals surface area contributed by atoms with Crippen molar-refractivity contribution >= 4 is 0 Å². The zero-order chi connectivity index (χ0) is 18.2. The number of aliphatic hydroxyl groups excluding tert-OH is 1. The van der Waals surface area contributed by atoms with Crippen molar-refractivity contribution in [1.82, 2.24) is 4.90 Å². The molecule has 0 aromatic heterocycles. The van der Waals surface area contributed by atoms with Crippen molar-refractivity contribution < 1.29 is 18.6 Å². The van der Waals surface area contributed by atoms with Gasteiger partial charge in [-0.15, -0.1) is 0 Å². The number of para-hydroxylation sites is 1. The Labute approximate surface area is 147 Å². The van der Waals surface area contributed by atoms with E-state index in [9.17, 15) is 13.9 Å². The van der Waals surface area contributed by atoms with Gasteiger partial charge in [-0.3, -0.25) is 4.90 Å². The minimum atomic E-state index is -0.699. The summed E-state index contributed by atoms with van der Waals surface area (Å²) in [5, 5.41) is 10.3. The van der Waals surface area contributed by atoms with Crippen LogP contribution >= 0.6 is 0 Å². The van der Waals surface area contributed by atoms with Gasteiger partial charge in [-0.2, -0.15) is 0 Å². The Morgan fingerprint density at radius 2 is 1.92 bits per heavy atom. The summed E-state index contributed by atoms with van der Waals surface area (Å²) < 4.78 is 32.5. The highest BCUT2D eigenvalue weighted by atomic mass is 19.1. The normalized spacial score (nSPS) is 12.4. The van der Waals surface area contributed by atoms with Crippen LogP contribution in [0.25, 0.3) is 0 Å². The van der Waals surface area contributed by atoms with Crippen LogP contribution in [0, 0.1) is 18.6 Å². The van der Waals surface area contributed by atoms with E-state index < -0.39 is 17.7 Å². The van der Waals surface area contributed by atoms with Crippen LogP contribution in [-0.2, 0) is 6.54 Å². The Hall–Kier alpha value is -1.98. The molecule has 2 rings (SSSR count). The molecule has 1 N–H and O–H groups in total. The van der Waals surface area contributed by atoms with Gasteiger partial charge in [-0.25, -0.2) is 8.78 Å². The highest BCUT2D eigenvalue weighted by Gasteiger charge is 2.15. The van der Waals surface area contributed by atoms with E-state index >= 15 is 0 Å². The number of aliphatic hydroxyl groups is 1. The topological polar surface area (TPSA) is 32.7 Å². The number of hydrogen-bond acceptors (Lipinski definition) is 3. The fourth-order valence-corrected chi connectivity index (χ4v) is 2.70. The molecule has 0 aliphatic heterocycles. The van der Waals surface area contributed by atoms with E-state index in [4.69, 9.17) is 4.74 Å². The quantitative estimate of drug-likeness (QED) is 0.745. The second kappa shape index (κ2) is 9.49. The molecule has 0 saturated heterocycles. The Morgan fingerprint density at radius 3 is 2.60 bits per heavy atom. The van der Waals surface area contributed by atoms with Gasteiger partial charge < -0.3 is 9.84 Å². The maximum atomic E-state index is 13.8. The molecule has 2 aromatic carbocycles. The molecule has 0 heterocycles. The first-order valence-electron chi connectivity index (χ1n) is 8.52. The monoisotopic (exact) mass is 349 g/mol. The molecule has 3 nitrogen and oxygen atoms in total. The summed E-state index contributed by atoms with van der Waals surface area (Å²) in [5.74, 6) is -0.408. The van der Waals surface area contributed by atoms with Gasteiger partial charge in [0.2, 0.25) is 0 Å². The summed E-state index contributed by atoms with van der Waals surface area (Å²) in [6.07, 6.45) is 0.170. The minimum Gasteiger partial charge on any atom is -0.491 e. The van der Waals surface area contributed by atoms with Crippen LogP contribution in [-0.4, -0.2) is 35.8 Å². The highest BCUT2D eigenvalue weighted by Crippen LogP contribution is 2.17. The molecule has 0 radical (unpaired) electrons. The van der Waals surface area contributed by atoms with E-state index in [2.05, 4.69) is 0 Å². The SMILES string of the molecule is CCCN(Cc1ccc(F)cc1F)C[C@H](O)COc1ccccc1C. The molecule has 2 aromatic rings. The average molecular weight is 349 g/mol. The van der Waals surface area contributed by atoms with Crippen molar-refractivity contribution in [2.75, 3.05) is 19.7 Å². The van der Waals surface area contributed by atoms with Crippen molar-refractivity contribution in [3.05, 3.63) is 65.2 Å². The number of hydrogen-bond donors (Lipinski definition) is 1. The van der Waals surface area contributed by atoms with Crippen molar-refractivity contribution in [1.29, 1.82) is 0 Å². The molecule has 0 amide bonds. The molecule has 0 spiro atoms. The van der Waals surface area contributed by atoms with Crippen molar-refractivity contribution in [2.45, 2.75) is 32.9 Å². The minimum absolute atomic E-state index is 0.164. The fraction of sp³-hybridized carbons (Fsp3) is 0.400. The lowest BCUT2D eigenvalue weighted by Gasteiger charge is -2.25. The van der Waals surface area contributed by atoms with Crippen molar-refractivity contribution in [3.8, 4) is 5.75 Å². The molecule has 136 valence electrons. The third-order valence-electron chi connectivity index (χ3n) is 3.94. The van der Waals surface area contributed by atoms with Gasteiger partial charge in [0.15, 0.2) is 0 Å². The van der Waals surface area contributed by atoms with Crippen LogP contribution in [0.1, 0.15) is 24.5 Å². The van der Waals surface area contributed by atoms with Crippen molar-refractivity contribution in [3.63, 3.8) is 0 Å². The van der Waals surface area contributed by atoms with Gasteiger partial charge >= 0.3 is 0 Å². The average Bonchev–Trinajstić information content (AvgIpc) is 2.57. The lowest BCUT2D eigenvalue weighted by atomic mass is 10.1. The van der Waals surface area contributed by atoms with E-state index in [1.54, 1.807) is 0 Å². The maximum absolute atomic E-state index is 13.8. The molecule has 0 aliphatic rings. The molecule has 1 atom stereocenters. The summed E-state index contributed by atoms with van der Waals surface area (Å²) in [4.78, 5) is 1.95. The summed E-state index contributed by atoms with van der Waals surface area (Å²) in [6, 6.07) is 11.2. The molecule has 0 aliphatic carbocycles. The van der Waals surface area contributed by atoms with Crippen LogP contribution in [0.5, 0.6) is 5.75 Å². The third kappa shape index (κ3) is 6.11. The first-order valence-corrected chi connectivity index (χ1v) is 8.52. The van der Waals surface area contributed by atoms with E-state index in [1.165, 1.54) is 12.1 Å². The van der Waals surface area contributed by atoms with Crippen LogP contribution < -0.4 is 4.74 Å². The Balaban J connectivity index is 1.92. The molecule has 0 bridgehead atoms. The zero-order valence-electron chi connectivity index (χ0n) is 14.7. The Kier molecular flexibility index (Phi) is 7.34. The van der Waals surface area contributed by atoms with Gasteiger partial charge in [0.05, 0.1) is 0 Å². The number of nitrogens with zero attached hydrogens (tertiary/aromatic N) is 1. The number of aryl methyl sites for hydroxylation is 1. The van der Waals surface area contributed by atoms with Crippen molar-refractivity contribution in [2.24, 2.45) is 0 Å². The van der Waals surface area contributed by atoms with Gasteiger partial charge in [-0.05, 0) is 37.6 Å². The second-order valence-electron chi connectivity index (χ2n) is 6.20. The van der Waals surface area contributed by atoms with Gasteiger partial charge in [0.25, 0.3) is 0 Å². The standard InChI is InChI=1S/C20H25F2NO2/c1-3-10-23(12-16-8-9-17(21)11-19(16)22)13-18(24)14-25-20-7-5-4-6-15(20)2/h4-9,11,18,24H,3,10,12-14H2,1-2H3/t18-/m0/s1. The summed E-state index contributed by atoms with van der Waals surface area (Å²) in [5.41, 5.74) is 1.43. The van der Waals surface area contributed by atoms with Crippen LogP contribution in [0.4, 0.5) is 8.78 Å². The Morgan fingerprint density at radius 1 is 1.16 bits per heavy atom. The molecule has 0 fully saturated rings. The summed E-state index contributed by atoms with van der Waals surface area (Å²) >= 11 is 0. The van der Waals surface area contributed by atoms with E-state index in [-0.39, 0.29) is 6.61 Å². The number of rotatable bonds is 9. The first kappa shape index (κ1) is 19.3. The zero-order valence-corrected chi connectivity index (χ0v) is 14.7. The van der Waals surface area contributed by atoms with Crippen LogP contribution in [0.15, 0.2) is 42.5 Å². The predicted molar refractivity (Wildman–Crippen MR) is 94.6 cm³/mol. The number of halogens is 2. The fourth-order valence-electron chi connectivity index (χ4n) is 2.70. The highest BCUT2D eigenvalue weighted by molar-refractivity contribution is 5.31. The van der Waals surface area contributed by atoms with Gasteiger partial charge in [-0.1, -0.05) is 31.2 Å². The summed E-state index contributed by atoms with van der Waals surface area (Å²) in [7, 11) is 0. The lowest BCUT2D eigenvalue weighted by molar-refractivity contribution is 0.0650. The Bertz CT molecular complexity index is 678. The van der Waals surface area contributed by atoms with Crippen LogP contribution in [0.2, 0.25) is 0 Å². The summed E-state index contributed by atoms with van der Waals surface area (Å²) in [6.45, 7) is 5.51. The first-order chi connectivity index (χ1) is 12.0.